The molecule has 3 rings (SSSR count). The fourth-order valence-corrected chi connectivity index (χ4v) is 3.83. The van der Waals surface area contributed by atoms with Crippen LogP contribution in [0.2, 0.25) is 0 Å². The minimum atomic E-state index is -0.455. The van der Waals surface area contributed by atoms with Gasteiger partial charge in [0.05, 0.1) is 7.11 Å². The largest absolute Gasteiger partial charge is 0.465 e. The third-order valence-electron chi connectivity index (χ3n) is 4.58. The molecule has 156 valence electrons. The quantitative estimate of drug-likeness (QED) is 0.325. The molecule has 0 aliphatic rings. The Balaban J connectivity index is 1.97. The van der Waals surface area contributed by atoms with Crippen molar-refractivity contribution in [1.82, 2.24) is 9.97 Å². The molecule has 0 unspecified atom stereocenters. The number of esters is 1. The van der Waals surface area contributed by atoms with Gasteiger partial charge in [-0.3, -0.25) is 0 Å². The number of nitrogens with one attached hydrogen (secondary N) is 1. The number of carbonyl (C=O) groups is 1. The zero-order valence-electron chi connectivity index (χ0n) is 17.7. The Labute approximate surface area is 181 Å². The zero-order valence-corrected chi connectivity index (χ0v) is 18.5. The third-order valence-corrected chi connectivity index (χ3v) is 5.63. The molecule has 1 heterocycles. The van der Waals surface area contributed by atoms with Crippen molar-refractivity contribution in [3.63, 3.8) is 0 Å². The number of hydrogen-bond donors (Lipinski definition) is 1. The SMILES string of the molecule is COC(=O)c1c(NCc2ccccc2C)nc(N(C)C)nc1SCc1ccccc1. The molecule has 1 N–H and O–H groups in total. The van der Waals surface area contributed by atoms with Crippen LogP contribution >= 0.6 is 11.8 Å². The van der Waals surface area contributed by atoms with Gasteiger partial charge in [-0.05, 0) is 23.6 Å². The number of ether oxygens (including phenoxy) is 1. The standard InChI is InChI=1S/C23H26N4O2S/c1-16-10-8-9-13-18(16)14-24-20-19(22(28)29-4)21(26-23(25-20)27(2)3)30-15-17-11-6-5-7-12-17/h5-13H,14-15H2,1-4H3,(H,24,25,26). The van der Waals surface area contributed by atoms with Crippen LogP contribution < -0.4 is 10.2 Å². The average Bonchev–Trinajstić information content (AvgIpc) is 2.76. The number of thioether (sulfide) groups is 1. The van der Waals surface area contributed by atoms with E-state index in [2.05, 4.69) is 46.5 Å². The van der Waals surface area contributed by atoms with Crippen LogP contribution in [-0.4, -0.2) is 37.1 Å². The second kappa shape index (κ2) is 10.1. The van der Waals surface area contributed by atoms with Crippen LogP contribution in [0.5, 0.6) is 0 Å². The molecule has 0 aliphatic carbocycles. The number of anilines is 2. The maximum absolute atomic E-state index is 12.7. The van der Waals surface area contributed by atoms with Gasteiger partial charge >= 0.3 is 5.97 Å². The van der Waals surface area contributed by atoms with Gasteiger partial charge in [0.1, 0.15) is 16.4 Å². The Hall–Kier alpha value is -3.06. The third kappa shape index (κ3) is 5.30. The lowest BCUT2D eigenvalue weighted by Gasteiger charge is -2.18. The lowest BCUT2D eigenvalue weighted by molar-refractivity contribution is 0.0596. The Bertz CT molecular complexity index is 1010. The van der Waals surface area contributed by atoms with Crippen LogP contribution in [0.3, 0.4) is 0 Å². The lowest BCUT2D eigenvalue weighted by atomic mass is 10.1. The monoisotopic (exact) mass is 422 g/mol. The summed E-state index contributed by atoms with van der Waals surface area (Å²) in [4.78, 5) is 23.7. The molecule has 7 heteroatoms. The highest BCUT2D eigenvalue weighted by molar-refractivity contribution is 7.98. The summed E-state index contributed by atoms with van der Waals surface area (Å²) in [6.07, 6.45) is 0. The Morgan fingerprint density at radius 3 is 2.43 bits per heavy atom. The van der Waals surface area contributed by atoms with Crippen molar-refractivity contribution in [3.05, 3.63) is 76.9 Å². The number of aryl methyl sites for hydroxylation is 1. The molecular formula is C23H26N4O2S. The second-order valence-electron chi connectivity index (χ2n) is 6.99. The molecule has 0 saturated heterocycles. The summed E-state index contributed by atoms with van der Waals surface area (Å²) < 4.78 is 5.06. The molecule has 0 fully saturated rings. The van der Waals surface area contributed by atoms with E-state index < -0.39 is 5.97 Å². The molecule has 0 aliphatic heterocycles. The summed E-state index contributed by atoms with van der Waals surface area (Å²) in [5, 5.41) is 3.92. The number of aromatic nitrogens is 2. The summed E-state index contributed by atoms with van der Waals surface area (Å²) in [5.74, 6) is 1.24. The molecule has 1 aromatic heterocycles. The predicted octanol–water partition coefficient (Wildman–Crippen LogP) is 4.54. The van der Waals surface area contributed by atoms with E-state index in [1.54, 1.807) is 0 Å². The molecule has 0 amide bonds. The number of rotatable bonds is 8. The topological polar surface area (TPSA) is 67.3 Å². The van der Waals surface area contributed by atoms with E-state index in [-0.39, 0.29) is 0 Å². The van der Waals surface area contributed by atoms with Crippen molar-refractivity contribution in [1.29, 1.82) is 0 Å². The summed E-state index contributed by atoms with van der Waals surface area (Å²) in [5.41, 5.74) is 3.82. The molecule has 0 radical (unpaired) electrons. The van der Waals surface area contributed by atoms with Gasteiger partial charge < -0.3 is 15.0 Å². The van der Waals surface area contributed by atoms with Crippen LogP contribution in [0.1, 0.15) is 27.0 Å². The van der Waals surface area contributed by atoms with E-state index in [9.17, 15) is 4.79 Å². The van der Waals surface area contributed by atoms with Crippen molar-refractivity contribution < 1.29 is 9.53 Å². The fraction of sp³-hybridized carbons (Fsp3) is 0.261. The van der Waals surface area contributed by atoms with Crippen molar-refractivity contribution in [2.75, 3.05) is 31.4 Å². The van der Waals surface area contributed by atoms with Crippen LogP contribution in [0.15, 0.2) is 59.6 Å². The molecule has 6 nitrogen and oxygen atoms in total. The minimum Gasteiger partial charge on any atom is -0.465 e. The number of hydrogen-bond acceptors (Lipinski definition) is 7. The van der Waals surface area contributed by atoms with E-state index in [1.165, 1.54) is 24.4 Å². The van der Waals surface area contributed by atoms with Gasteiger partial charge in [-0.25, -0.2) is 9.78 Å². The molecule has 30 heavy (non-hydrogen) atoms. The first-order valence-electron chi connectivity index (χ1n) is 9.62. The first-order valence-corrected chi connectivity index (χ1v) is 10.6. The maximum atomic E-state index is 12.7. The smallest absolute Gasteiger partial charge is 0.344 e. The average molecular weight is 423 g/mol. The molecule has 0 saturated carbocycles. The second-order valence-corrected chi connectivity index (χ2v) is 7.96. The van der Waals surface area contributed by atoms with Crippen LogP contribution in [0.25, 0.3) is 0 Å². The van der Waals surface area contributed by atoms with E-state index in [0.29, 0.717) is 34.7 Å². The summed E-state index contributed by atoms with van der Waals surface area (Å²) >= 11 is 1.50. The highest BCUT2D eigenvalue weighted by Crippen LogP contribution is 2.31. The van der Waals surface area contributed by atoms with Gasteiger partial charge in [0.25, 0.3) is 0 Å². The molecule has 0 spiro atoms. The molecule has 3 aromatic rings. The van der Waals surface area contributed by atoms with Crippen molar-refractivity contribution in [3.8, 4) is 0 Å². The normalized spacial score (nSPS) is 10.5. The van der Waals surface area contributed by atoms with Gasteiger partial charge in [-0.15, -0.1) is 11.8 Å². The van der Waals surface area contributed by atoms with Crippen molar-refractivity contribution in [2.45, 2.75) is 24.2 Å². The number of nitrogens with zero attached hydrogens (tertiary/aromatic N) is 3. The van der Waals surface area contributed by atoms with Gasteiger partial charge in [0.2, 0.25) is 5.95 Å². The van der Waals surface area contributed by atoms with Crippen LogP contribution in [0.4, 0.5) is 11.8 Å². The molecule has 2 aromatic carbocycles. The molecule has 0 atom stereocenters. The van der Waals surface area contributed by atoms with Gasteiger partial charge in [-0.2, -0.15) is 4.98 Å². The summed E-state index contributed by atoms with van der Waals surface area (Å²) in [6, 6.07) is 18.2. The van der Waals surface area contributed by atoms with E-state index in [1.807, 2.05) is 49.3 Å². The highest BCUT2D eigenvalue weighted by Gasteiger charge is 2.23. The Morgan fingerprint density at radius 2 is 1.77 bits per heavy atom. The fourth-order valence-electron chi connectivity index (χ4n) is 2.86. The maximum Gasteiger partial charge on any atom is 0.344 e. The number of carbonyl (C=O) groups excluding carboxylic acids is 1. The van der Waals surface area contributed by atoms with Gasteiger partial charge in [0.15, 0.2) is 0 Å². The zero-order chi connectivity index (χ0) is 21.5. The van der Waals surface area contributed by atoms with Crippen LogP contribution in [0, 0.1) is 6.92 Å². The Kier molecular flexibility index (Phi) is 7.30. The van der Waals surface area contributed by atoms with E-state index in [4.69, 9.17) is 4.74 Å². The predicted molar refractivity (Wildman–Crippen MR) is 122 cm³/mol. The van der Waals surface area contributed by atoms with Crippen molar-refractivity contribution >= 4 is 29.5 Å². The van der Waals surface area contributed by atoms with Crippen LogP contribution in [-0.2, 0) is 17.0 Å². The van der Waals surface area contributed by atoms with E-state index in [0.717, 1.165) is 11.1 Å². The Morgan fingerprint density at radius 1 is 1.07 bits per heavy atom. The summed E-state index contributed by atoms with van der Waals surface area (Å²) in [6.45, 7) is 2.61. The molecular weight excluding hydrogens is 396 g/mol. The number of methoxy groups -OCH3 is 1. The van der Waals surface area contributed by atoms with E-state index >= 15 is 0 Å². The number of benzene rings is 2. The highest BCUT2D eigenvalue weighted by atomic mass is 32.2. The van der Waals surface area contributed by atoms with Gasteiger partial charge in [0, 0.05) is 26.4 Å². The van der Waals surface area contributed by atoms with Crippen molar-refractivity contribution in [2.24, 2.45) is 0 Å². The first kappa shape index (κ1) is 21.6. The summed E-state index contributed by atoms with van der Waals surface area (Å²) in [7, 11) is 5.13. The minimum absolute atomic E-state index is 0.359. The van der Waals surface area contributed by atoms with Gasteiger partial charge in [-0.1, -0.05) is 54.6 Å². The lowest BCUT2D eigenvalue weighted by Crippen LogP contribution is -2.19. The first-order chi connectivity index (χ1) is 14.5. The molecule has 0 bridgehead atoms.